The minimum atomic E-state index is -0.615. The van der Waals surface area contributed by atoms with Gasteiger partial charge in [-0.2, -0.15) is 0 Å². The normalized spacial score (nSPS) is 28.4. The van der Waals surface area contributed by atoms with E-state index in [1.54, 1.807) is 18.9 Å². The molecule has 28 heavy (non-hydrogen) atoms. The molecule has 2 fully saturated rings. The number of carbonyl (C=O) groups excluding carboxylic acids is 1. The van der Waals surface area contributed by atoms with E-state index < -0.39 is 18.1 Å². The Kier molecular flexibility index (Phi) is 6.47. The van der Waals surface area contributed by atoms with Crippen LogP contribution in [-0.2, 0) is 9.53 Å². The molecule has 2 heterocycles. The summed E-state index contributed by atoms with van der Waals surface area (Å²) in [5.74, 6) is 1.29. The summed E-state index contributed by atoms with van der Waals surface area (Å²) in [7, 11) is 1.61. The minimum Gasteiger partial charge on any atom is -0.493 e. The highest BCUT2D eigenvalue weighted by Crippen LogP contribution is 2.46. The van der Waals surface area contributed by atoms with E-state index in [1.165, 1.54) is 0 Å². The number of aliphatic hydroxyl groups excluding tert-OH is 2. The first kappa shape index (κ1) is 20.9. The van der Waals surface area contributed by atoms with E-state index in [0.717, 1.165) is 18.6 Å². The first-order chi connectivity index (χ1) is 13.4. The van der Waals surface area contributed by atoms with Crippen molar-refractivity contribution in [3.63, 3.8) is 0 Å². The van der Waals surface area contributed by atoms with Crippen molar-refractivity contribution < 1.29 is 29.2 Å². The van der Waals surface area contributed by atoms with Gasteiger partial charge in [-0.3, -0.25) is 4.79 Å². The van der Waals surface area contributed by atoms with Crippen molar-refractivity contribution in [1.29, 1.82) is 0 Å². The molecule has 2 N–H and O–H groups in total. The highest BCUT2D eigenvalue weighted by Gasteiger charge is 2.48. The number of carbonyl (C=O) groups is 1. The molecule has 0 radical (unpaired) electrons. The molecule has 2 aliphatic rings. The molecule has 4 atom stereocenters. The number of amides is 1. The number of rotatable bonds is 7. The minimum absolute atomic E-state index is 0.0777. The monoisotopic (exact) mass is 393 g/mol. The van der Waals surface area contributed by atoms with Gasteiger partial charge in [-0.1, -0.05) is 13.0 Å². The number of benzene rings is 1. The maximum atomic E-state index is 12.1. The fourth-order valence-corrected chi connectivity index (χ4v) is 4.16. The maximum absolute atomic E-state index is 12.1. The van der Waals surface area contributed by atoms with Crippen molar-refractivity contribution in [2.24, 2.45) is 11.3 Å². The molecule has 1 aromatic rings. The third-order valence-corrected chi connectivity index (χ3v) is 6.26. The highest BCUT2D eigenvalue weighted by atomic mass is 16.5. The lowest BCUT2D eigenvalue weighted by Gasteiger charge is -2.33. The van der Waals surface area contributed by atoms with E-state index in [0.29, 0.717) is 43.7 Å². The Balaban J connectivity index is 1.85. The van der Waals surface area contributed by atoms with Crippen LogP contribution in [0.25, 0.3) is 0 Å². The average molecular weight is 393 g/mol. The SMILES string of the molecule is COc1ccc([C@@H]2CN(C(=O)CO)C[C@@]2(C)[C@@H](C)O)cc1OCC1CCOC1. The summed E-state index contributed by atoms with van der Waals surface area (Å²) in [6, 6.07) is 5.78. The van der Waals surface area contributed by atoms with Crippen LogP contribution in [0.4, 0.5) is 0 Å². The number of ether oxygens (including phenoxy) is 3. The molecule has 0 spiro atoms. The van der Waals surface area contributed by atoms with Gasteiger partial charge in [-0.05, 0) is 31.0 Å². The summed E-state index contributed by atoms with van der Waals surface area (Å²) < 4.78 is 16.9. The maximum Gasteiger partial charge on any atom is 0.248 e. The van der Waals surface area contributed by atoms with Crippen LogP contribution in [0.2, 0.25) is 0 Å². The Bertz CT molecular complexity index is 687. The molecule has 0 bridgehead atoms. The topological polar surface area (TPSA) is 88.5 Å². The van der Waals surface area contributed by atoms with Crippen LogP contribution < -0.4 is 9.47 Å². The fraction of sp³-hybridized carbons (Fsp3) is 0.667. The predicted molar refractivity (Wildman–Crippen MR) is 104 cm³/mol. The van der Waals surface area contributed by atoms with E-state index >= 15 is 0 Å². The lowest BCUT2D eigenvalue weighted by Crippen LogP contribution is -2.38. The van der Waals surface area contributed by atoms with E-state index in [-0.39, 0.29) is 11.8 Å². The summed E-state index contributed by atoms with van der Waals surface area (Å²) in [4.78, 5) is 13.7. The highest BCUT2D eigenvalue weighted by molar-refractivity contribution is 5.77. The number of methoxy groups -OCH3 is 1. The number of aliphatic hydroxyl groups is 2. The van der Waals surface area contributed by atoms with E-state index in [1.807, 2.05) is 25.1 Å². The van der Waals surface area contributed by atoms with Gasteiger partial charge < -0.3 is 29.3 Å². The molecular formula is C21H31NO6. The molecule has 7 heteroatoms. The molecular weight excluding hydrogens is 362 g/mol. The second kappa shape index (κ2) is 8.68. The van der Waals surface area contributed by atoms with Crippen molar-refractivity contribution in [3.8, 4) is 11.5 Å². The van der Waals surface area contributed by atoms with Gasteiger partial charge in [0.1, 0.15) is 6.61 Å². The molecule has 3 rings (SSSR count). The first-order valence-corrected chi connectivity index (χ1v) is 9.84. The molecule has 1 aromatic carbocycles. The van der Waals surface area contributed by atoms with Crippen molar-refractivity contribution in [2.45, 2.75) is 32.3 Å². The summed E-state index contributed by atoms with van der Waals surface area (Å²) in [5, 5.41) is 19.7. The van der Waals surface area contributed by atoms with Gasteiger partial charge in [0.05, 0.1) is 26.4 Å². The fourth-order valence-electron chi connectivity index (χ4n) is 4.16. The molecule has 2 saturated heterocycles. The van der Waals surface area contributed by atoms with Crippen LogP contribution >= 0.6 is 0 Å². The van der Waals surface area contributed by atoms with Gasteiger partial charge >= 0.3 is 0 Å². The molecule has 0 saturated carbocycles. The molecule has 0 aromatic heterocycles. The number of hydrogen-bond donors (Lipinski definition) is 2. The predicted octanol–water partition coefficient (Wildman–Crippen LogP) is 1.42. The lowest BCUT2D eigenvalue weighted by atomic mass is 9.72. The van der Waals surface area contributed by atoms with Crippen molar-refractivity contribution in [2.75, 3.05) is 46.6 Å². The second-order valence-corrected chi connectivity index (χ2v) is 8.12. The van der Waals surface area contributed by atoms with Crippen LogP contribution in [0.1, 0.15) is 31.7 Å². The van der Waals surface area contributed by atoms with Gasteiger partial charge in [0.15, 0.2) is 11.5 Å². The summed E-state index contributed by atoms with van der Waals surface area (Å²) >= 11 is 0. The van der Waals surface area contributed by atoms with Crippen LogP contribution in [0.3, 0.4) is 0 Å². The van der Waals surface area contributed by atoms with E-state index in [2.05, 4.69) is 0 Å². The first-order valence-electron chi connectivity index (χ1n) is 9.84. The molecule has 2 aliphatic heterocycles. The quantitative estimate of drug-likeness (QED) is 0.728. The summed E-state index contributed by atoms with van der Waals surface area (Å²) in [5.41, 5.74) is 0.464. The van der Waals surface area contributed by atoms with Crippen LogP contribution in [0.5, 0.6) is 11.5 Å². The number of hydrogen-bond acceptors (Lipinski definition) is 6. The van der Waals surface area contributed by atoms with Crippen molar-refractivity contribution in [3.05, 3.63) is 23.8 Å². The van der Waals surface area contributed by atoms with Gasteiger partial charge in [0.25, 0.3) is 0 Å². The van der Waals surface area contributed by atoms with Gasteiger partial charge in [-0.25, -0.2) is 0 Å². The Labute approximate surface area is 166 Å². The Hall–Kier alpha value is -1.83. The molecule has 1 unspecified atom stereocenters. The Morgan fingerprint density at radius 1 is 1.43 bits per heavy atom. The van der Waals surface area contributed by atoms with E-state index in [4.69, 9.17) is 14.2 Å². The van der Waals surface area contributed by atoms with Crippen LogP contribution in [-0.4, -0.2) is 73.8 Å². The van der Waals surface area contributed by atoms with E-state index in [9.17, 15) is 15.0 Å². The summed E-state index contributed by atoms with van der Waals surface area (Å²) in [6.07, 6.45) is 0.374. The van der Waals surface area contributed by atoms with Crippen molar-refractivity contribution >= 4 is 5.91 Å². The average Bonchev–Trinajstić information content (AvgIpc) is 3.34. The lowest BCUT2D eigenvalue weighted by molar-refractivity contribution is -0.133. The largest absolute Gasteiger partial charge is 0.493 e. The number of nitrogens with zero attached hydrogens (tertiary/aromatic N) is 1. The zero-order chi connectivity index (χ0) is 20.3. The Morgan fingerprint density at radius 3 is 2.82 bits per heavy atom. The zero-order valence-electron chi connectivity index (χ0n) is 16.9. The van der Waals surface area contributed by atoms with Crippen LogP contribution in [0, 0.1) is 11.3 Å². The van der Waals surface area contributed by atoms with Gasteiger partial charge in [0.2, 0.25) is 5.91 Å². The second-order valence-electron chi connectivity index (χ2n) is 8.12. The van der Waals surface area contributed by atoms with Crippen LogP contribution in [0.15, 0.2) is 18.2 Å². The molecule has 156 valence electrons. The summed E-state index contributed by atoms with van der Waals surface area (Å²) in [6.45, 7) is 6.10. The standard InChI is InChI=1S/C21H31NO6/c1-14(24)21(2)13-22(20(25)10-23)9-17(21)16-4-5-18(26-3)19(8-16)28-12-15-6-7-27-11-15/h4-5,8,14-15,17,23-24H,6-7,9-13H2,1-3H3/t14-,15?,17+,21+/m1/s1. The number of likely N-dealkylation sites (tertiary alicyclic amines) is 1. The molecule has 1 amide bonds. The van der Waals surface area contributed by atoms with Gasteiger partial charge in [-0.15, -0.1) is 0 Å². The Morgan fingerprint density at radius 2 is 2.21 bits per heavy atom. The smallest absolute Gasteiger partial charge is 0.248 e. The van der Waals surface area contributed by atoms with Crippen molar-refractivity contribution in [1.82, 2.24) is 4.90 Å². The molecule has 0 aliphatic carbocycles. The third-order valence-electron chi connectivity index (χ3n) is 6.26. The molecule has 7 nitrogen and oxygen atoms in total. The van der Waals surface area contributed by atoms with Gasteiger partial charge in [0, 0.05) is 36.9 Å². The third kappa shape index (κ3) is 4.11. The zero-order valence-corrected chi connectivity index (χ0v) is 16.9.